The number of thiol groups is 1. The first-order valence-corrected chi connectivity index (χ1v) is 9.28. The minimum absolute atomic E-state index is 0.502. The number of rotatable bonds is 6. The normalized spacial score (nSPS) is 18.8. The monoisotopic (exact) mass is 316 g/mol. The summed E-state index contributed by atoms with van der Waals surface area (Å²) in [4.78, 5) is 1.48. The van der Waals surface area contributed by atoms with E-state index in [0.717, 1.165) is 23.0 Å². The van der Waals surface area contributed by atoms with E-state index in [1.165, 1.54) is 10.5 Å². The van der Waals surface area contributed by atoms with E-state index < -0.39 is 0 Å². The van der Waals surface area contributed by atoms with Gasteiger partial charge >= 0.3 is 0 Å². The standard InChI is InChI=1S/C13H16OS4/c1-14-11-4-2-10(3-5-11)13-17-9-12(18-13)8-16-7-6-15/h2-5,9,13,15H,6-8H2,1H3. The molecule has 1 unspecified atom stereocenters. The highest BCUT2D eigenvalue weighted by molar-refractivity contribution is 8.22. The van der Waals surface area contributed by atoms with E-state index in [1.807, 2.05) is 47.4 Å². The molecule has 18 heavy (non-hydrogen) atoms. The first-order valence-electron chi connectivity index (χ1n) is 5.67. The molecular weight excluding hydrogens is 300 g/mol. The molecule has 0 amide bonds. The predicted octanol–water partition coefficient (Wildman–Crippen LogP) is 4.68. The maximum atomic E-state index is 5.18. The van der Waals surface area contributed by atoms with Gasteiger partial charge in [-0.25, -0.2) is 0 Å². The van der Waals surface area contributed by atoms with Gasteiger partial charge < -0.3 is 4.74 Å². The highest BCUT2D eigenvalue weighted by Gasteiger charge is 2.20. The van der Waals surface area contributed by atoms with E-state index in [9.17, 15) is 0 Å². The number of thioether (sulfide) groups is 3. The fourth-order valence-corrected chi connectivity index (χ4v) is 5.51. The number of ether oxygens (including phenoxy) is 1. The van der Waals surface area contributed by atoms with Gasteiger partial charge in [-0.05, 0) is 28.9 Å². The number of hydrogen-bond acceptors (Lipinski definition) is 5. The molecule has 1 heterocycles. The van der Waals surface area contributed by atoms with Gasteiger partial charge in [0.1, 0.15) is 5.75 Å². The minimum atomic E-state index is 0.502. The van der Waals surface area contributed by atoms with E-state index in [2.05, 4.69) is 30.2 Å². The summed E-state index contributed by atoms with van der Waals surface area (Å²) in [5.74, 6) is 4.12. The summed E-state index contributed by atoms with van der Waals surface area (Å²) in [6.07, 6.45) is 0. The number of methoxy groups -OCH3 is 1. The molecule has 0 aliphatic carbocycles. The molecule has 1 aliphatic rings. The van der Waals surface area contributed by atoms with Crippen LogP contribution in [0.1, 0.15) is 10.1 Å². The molecule has 2 rings (SSSR count). The Morgan fingerprint density at radius 2 is 2.11 bits per heavy atom. The van der Waals surface area contributed by atoms with Crippen molar-refractivity contribution in [3.05, 3.63) is 40.1 Å². The quantitative estimate of drug-likeness (QED) is 0.602. The lowest BCUT2D eigenvalue weighted by molar-refractivity contribution is 0.414. The average molecular weight is 317 g/mol. The van der Waals surface area contributed by atoms with Crippen LogP contribution in [-0.4, -0.2) is 24.4 Å². The van der Waals surface area contributed by atoms with Crippen LogP contribution in [0.3, 0.4) is 0 Å². The van der Waals surface area contributed by atoms with Gasteiger partial charge in [-0.3, -0.25) is 0 Å². The Bertz CT molecular complexity index is 402. The molecule has 0 saturated heterocycles. The molecule has 5 heteroatoms. The molecule has 1 aromatic carbocycles. The van der Waals surface area contributed by atoms with Gasteiger partial charge in [0.2, 0.25) is 0 Å². The Kier molecular flexibility index (Phi) is 6.21. The fraction of sp³-hybridized carbons (Fsp3) is 0.385. The third kappa shape index (κ3) is 4.08. The van der Waals surface area contributed by atoms with Gasteiger partial charge in [0.25, 0.3) is 0 Å². The molecule has 0 N–H and O–H groups in total. The predicted molar refractivity (Wildman–Crippen MR) is 90.2 cm³/mol. The molecule has 1 nitrogen and oxygen atoms in total. The molecule has 0 fully saturated rings. The van der Waals surface area contributed by atoms with Crippen molar-refractivity contribution in [1.82, 2.24) is 0 Å². The SMILES string of the molecule is COc1ccc(C2SC=C(CSCCS)S2)cc1. The van der Waals surface area contributed by atoms with Crippen LogP contribution in [-0.2, 0) is 0 Å². The van der Waals surface area contributed by atoms with Crippen LogP contribution in [0, 0.1) is 0 Å². The molecule has 0 bridgehead atoms. The average Bonchev–Trinajstić information content (AvgIpc) is 2.88. The Morgan fingerprint density at radius 3 is 2.78 bits per heavy atom. The van der Waals surface area contributed by atoms with Crippen LogP contribution in [0.4, 0.5) is 0 Å². The van der Waals surface area contributed by atoms with Crippen molar-refractivity contribution in [2.24, 2.45) is 0 Å². The van der Waals surface area contributed by atoms with E-state index in [0.29, 0.717) is 4.58 Å². The molecule has 0 spiro atoms. The topological polar surface area (TPSA) is 9.23 Å². The highest BCUT2D eigenvalue weighted by atomic mass is 32.2. The van der Waals surface area contributed by atoms with Crippen molar-refractivity contribution in [1.29, 1.82) is 0 Å². The first-order chi connectivity index (χ1) is 8.83. The maximum Gasteiger partial charge on any atom is 0.118 e. The zero-order chi connectivity index (χ0) is 12.8. The van der Waals surface area contributed by atoms with Crippen molar-refractivity contribution >= 4 is 47.9 Å². The largest absolute Gasteiger partial charge is 0.497 e. The van der Waals surface area contributed by atoms with Crippen molar-refractivity contribution in [2.45, 2.75) is 4.58 Å². The Hall–Kier alpha value is 0.160. The summed E-state index contributed by atoms with van der Waals surface area (Å²) in [5, 5.41) is 2.30. The van der Waals surface area contributed by atoms with Crippen LogP contribution in [0.15, 0.2) is 34.6 Å². The molecular formula is C13H16OS4. The lowest BCUT2D eigenvalue weighted by Crippen LogP contribution is -1.88. The lowest BCUT2D eigenvalue weighted by atomic mass is 10.2. The third-order valence-electron chi connectivity index (χ3n) is 2.45. The Balaban J connectivity index is 1.85. The van der Waals surface area contributed by atoms with Crippen molar-refractivity contribution < 1.29 is 4.74 Å². The van der Waals surface area contributed by atoms with E-state index in [1.54, 1.807) is 7.11 Å². The maximum absolute atomic E-state index is 5.18. The minimum Gasteiger partial charge on any atom is -0.497 e. The van der Waals surface area contributed by atoms with Gasteiger partial charge in [-0.1, -0.05) is 12.1 Å². The third-order valence-corrected chi connectivity index (χ3v) is 6.93. The van der Waals surface area contributed by atoms with Gasteiger partial charge in [-0.15, -0.1) is 23.5 Å². The van der Waals surface area contributed by atoms with Gasteiger partial charge in [0, 0.05) is 16.4 Å². The zero-order valence-corrected chi connectivity index (χ0v) is 13.5. The molecule has 0 radical (unpaired) electrons. The summed E-state index contributed by atoms with van der Waals surface area (Å²) in [7, 11) is 1.70. The molecule has 1 atom stereocenters. The van der Waals surface area contributed by atoms with Crippen molar-refractivity contribution in [3.8, 4) is 5.75 Å². The fourth-order valence-electron chi connectivity index (χ4n) is 1.54. The summed E-state index contributed by atoms with van der Waals surface area (Å²) >= 11 is 10.0. The van der Waals surface area contributed by atoms with Crippen LogP contribution < -0.4 is 4.74 Å². The second-order valence-corrected chi connectivity index (χ2v) is 7.78. The molecule has 1 aliphatic heterocycles. The summed E-state index contributed by atoms with van der Waals surface area (Å²) in [5.41, 5.74) is 1.36. The highest BCUT2D eigenvalue weighted by Crippen LogP contribution is 2.51. The zero-order valence-electron chi connectivity index (χ0n) is 10.2. The van der Waals surface area contributed by atoms with Crippen LogP contribution in [0.2, 0.25) is 0 Å². The van der Waals surface area contributed by atoms with E-state index in [-0.39, 0.29) is 0 Å². The van der Waals surface area contributed by atoms with Crippen LogP contribution in [0.5, 0.6) is 5.75 Å². The second kappa shape index (κ2) is 7.68. The van der Waals surface area contributed by atoms with Gasteiger partial charge in [-0.2, -0.15) is 24.4 Å². The molecule has 0 aromatic heterocycles. The molecule has 0 saturated carbocycles. The Morgan fingerprint density at radius 1 is 1.33 bits per heavy atom. The first kappa shape index (κ1) is 14.6. The summed E-state index contributed by atoms with van der Waals surface area (Å²) in [6.45, 7) is 0. The summed E-state index contributed by atoms with van der Waals surface area (Å²) in [6, 6.07) is 8.37. The van der Waals surface area contributed by atoms with Crippen molar-refractivity contribution in [2.75, 3.05) is 24.4 Å². The van der Waals surface area contributed by atoms with E-state index in [4.69, 9.17) is 4.74 Å². The molecule has 1 aromatic rings. The molecule has 98 valence electrons. The number of benzene rings is 1. The van der Waals surface area contributed by atoms with Gasteiger partial charge in [0.05, 0.1) is 11.7 Å². The van der Waals surface area contributed by atoms with Gasteiger partial charge in [0.15, 0.2) is 0 Å². The smallest absolute Gasteiger partial charge is 0.118 e. The second-order valence-electron chi connectivity index (χ2n) is 3.72. The summed E-state index contributed by atoms with van der Waals surface area (Å²) < 4.78 is 5.68. The number of hydrogen-bond donors (Lipinski definition) is 1. The van der Waals surface area contributed by atoms with Crippen molar-refractivity contribution in [3.63, 3.8) is 0 Å². The van der Waals surface area contributed by atoms with Crippen LogP contribution >= 0.6 is 47.9 Å². The lowest BCUT2D eigenvalue weighted by Gasteiger charge is -2.10. The van der Waals surface area contributed by atoms with Crippen LogP contribution in [0.25, 0.3) is 0 Å². The van der Waals surface area contributed by atoms with E-state index >= 15 is 0 Å². The Labute approximate surface area is 127 Å².